The fourth-order valence-corrected chi connectivity index (χ4v) is 2.59. The van der Waals surface area contributed by atoms with E-state index in [0.717, 1.165) is 18.4 Å². The molecule has 0 unspecified atom stereocenters. The minimum absolute atomic E-state index is 0.00287. The molecule has 10 heteroatoms. The summed E-state index contributed by atoms with van der Waals surface area (Å²) in [5.74, 6) is -0.369. The molecule has 0 aliphatic rings. The first kappa shape index (κ1) is 28.3. The van der Waals surface area contributed by atoms with E-state index in [1.807, 2.05) is 6.07 Å². The minimum Gasteiger partial charge on any atom is -0.508 e. The third-order valence-electron chi connectivity index (χ3n) is 3.90. The number of benzene rings is 2. The van der Waals surface area contributed by atoms with Crippen LogP contribution in [0.3, 0.4) is 0 Å². The van der Waals surface area contributed by atoms with Crippen molar-refractivity contribution in [3.05, 3.63) is 52.0 Å². The van der Waals surface area contributed by atoms with E-state index in [1.165, 1.54) is 19.2 Å². The Bertz CT molecular complexity index is 820. The summed E-state index contributed by atoms with van der Waals surface area (Å²) < 4.78 is 5.28. The van der Waals surface area contributed by atoms with Crippen LogP contribution >= 0.6 is 15.9 Å². The van der Waals surface area contributed by atoms with Gasteiger partial charge in [-0.25, -0.2) is 0 Å². The van der Waals surface area contributed by atoms with Crippen LogP contribution in [0.2, 0.25) is 0 Å². The van der Waals surface area contributed by atoms with Crippen molar-refractivity contribution >= 4 is 28.2 Å². The van der Waals surface area contributed by atoms with E-state index in [-0.39, 0.29) is 17.2 Å². The Kier molecular flexibility index (Phi) is 14.7. The average molecular weight is 500 g/mol. The number of carbonyl (C=O) groups excluding carboxylic acids is 1. The second-order valence-corrected chi connectivity index (χ2v) is 7.09. The van der Waals surface area contributed by atoms with Gasteiger partial charge in [-0.15, -0.1) is 0 Å². The lowest BCUT2D eigenvalue weighted by Gasteiger charge is -2.04. The van der Waals surface area contributed by atoms with E-state index < -0.39 is 12.0 Å². The van der Waals surface area contributed by atoms with Gasteiger partial charge in [0.1, 0.15) is 18.1 Å². The fraction of sp³-hybridized carbons (Fsp3) is 0.333. The van der Waals surface area contributed by atoms with Gasteiger partial charge in [0.05, 0.1) is 11.6 Å². The monoisotopic (exact) mass is 499 g/mol. The molecule has 0 aromatic heterocycles. The van der Waals surface area contributed by atoms with Crippen LogP contribution in [0, 0.1) is 0 Å². The summed E-state index contributed by atoms with van der Waals surface area (Å²) >= 11 is 3.09. The molecule has 0 saturated carbocycles. The van der Waals surface area contributed by atoms with Gasteiger partial charge in [0.15, 0.2) is 11.5 Å². The average Bonchev–Trinajstić information content (AvgIpc) is 2.76. The van der Waals surface area contributed by atoms with Crippen LogP contribution in [0.25, 0.3) is 0 Å². The Morgan fingerprint density at radius 2 is 1.84 bits per heavy atom. The van der Waals surface area contributed by atoms with Gasteiger partial charge in [0.25, 0.3) is 0 Å². The Hall–Kier alpha value is -2.66. The van der Waals surface area contributed by atoms with Crippen LogP contribution in [0.5, 0.6) is 17.2 Å². The Morgan fingerprint density at radius 1 is 1.19 bits per heavy atom. The van der Waals surface area contributed by atoms with E-state index in [1.54, 1.807) is 18.2 Å². The van der Waals surface area contributed by atoms with Gasteiger partial charge in [-0.1, -0.05) is 24.6 Å². The number of rotatable bonds is 8. The van der Waals surface area contributed by atoms with Crippen molar-refractivity contribution in [1.29, 1.82) is 0 Å². The number of aldehydes is 1. The van der Waals surface area contributed by atoms with Gasteiger partial charge >= 0.3 is 5.97 Å². The summed E-state index contributed by atoms with van der Waals surface area (Å²) in [7, 11) is 1.43. The summed E-state index contributed by atoms with van der Waals surface area (Å²) in [5.41, 5.74) is 17.0. The van der Waals surface area contributed by atoms with Crippen LogP contribution in [-0.2, 0) is 11.3 Å². The zero-order chi connectivity index (χ0) is 23.8. The Morgan fingerprint density at radius 3 is 2.29 bits per heavy atom. The number of carboxylic acids is 1. The molecular weight excluding hydrogens is 470 g/mol. The van der Waals surface area contributed by atoms with Gasteiger partial charge in [0, 0.05) is 17.7 Å². The number of unbranched alkanes of at least 4 members (excludes halogenated alkanes) is 1. The molecule has 0 fully saturated rings. The molecule has 31 heavy (non-hydrogen) atoms. The van der Waals surface area contributed by atoms with Gasteiger partial charge < -0.3 is 37.3 Å². The molecule has 0 bridgehead atoms. The van der Waals surface area contributed by atoms with E-state index in [9.17, 15) is 14.7 Å². The molecule has 0 radical (unpaired) electrons. The molecule has 0 spiro atoms. The number of halogens is 1. The highest BCUT2D eigenvalue weighted by atomic mass is 79.9. The highest BCUT2D eigenvalue weighted by Gasteiger charge is 2.09. The molecule has 0 aliphatic carbocycles. The normalized spacial score (nSPS) is 10.6. The molecule has 0 aliphatic heterocycles. The summed E-state index contributed by atoms with van der Waals surface area (Å²) in [6, 6.07) is 9.32. The topological polar surface area (TPSA) is 182 Å². The SMILES string of the molecule is COc1cc(C=O)cc(Br)c1O.NCCCC[C@H](N)C(=O)O.NCc1ccccc1O. The molecule has 0 heterocycles. The lowest BCUT2D eigenvalue weighted by atomic mass is 10.1. The number of methoxy groups -OCH3 is 1. The van der Waals surface area contributed by atoms with E-state index in [0.29, 0.717) is 35.8 Å². The lowest BCUT2D eigenvalue weighted by molar-refractivity contribution is -0.138. The number of hydrogen-bond acceptors (Lipinski definition) is 8. The standard InChI is InChI=1S/C8H7BrO3.C7H9NO.C6H14N2O2/c1-12-7-3-5(4-10)2-6(9)8(7)11;8-5-6-3-1-2-4-7(6)9;7-4-2-1-3-5(8)6(9)10/h2-4,11H,1H3;1-4,9H,5,8H2;5H,1-4,7-8H2,(H,9,10)/t;;5-/m..0/s1. The summed E-state index contributed by atoms with van der Waals surface area (Å²) in [6.45, 7) is 0.999. The smallest absolute Gasteiger partial charge is 0.320 e. The minimum atomic E-state index is -0.933. The molecule has 0 amide bonds. The van der Waals surface area contributed by atoms with Crippen LogP contribution in [-0.4, -0.2) is 47.3 Å². The van der Waals surface area contributed by atoms with Gasteiger partial charge in [-0.3, -0.25) is 9.59 Å². The molecule has 0 saturated heterocycles. The molecule has 2 aromatic carbocycles. The molecular formula is C21H30BrN3O6. The predicted molar refractivity (Wildman–Crippen MR) is 122 cm³/mol. The van der Waals surface area contributed by atoms with Crippen molar-refractivity contribution in [2.75, 3.05) is 13.7 Å². The number of hydrogen-bond donors (Lipinski definition) is 6. The first-order chi connectivity index (χ1) is 14.7. The van der Waals surface area contributed by atoms with Crippen molar-refractivity contribution in [1.82, 2.24) is 0 Å². The second kappa shape index (κ2) is 16.1. The quantitative estimate of drug-likeness (QED) is 0.234. The van der Waals surface area contributed by atoms with Crippen molar-refractivity contribution in [2.45, 2.75) is 31.8 Å². The number of carbonyl (C=O) groups is 2. The van der Waals surface area contributed by atoms with Gasteiger partial charge in [0.2, 0.25) is 0 Å². The van der Waals surface area contributed by atoms with Gasteiger partial charge in [-0.2, -0.15) is 0 Å². The first-order valence-corrected chi connectivity index (χ1v) is 10.2. The van der Waals surface area contributed by atoms with E-state index in [2.05, 4.69) is 15.9 Å². The fourth-order valence-electron chi connectivity index (χ4n) is 2.13. The number of ether oxygens (including phenoxy) is 1. The van der Waals surface area contributed by atoms with Crippen molar-refractivity contribution in [3.8, 4) is 17.2 Å². The molecule has 9 N–H and O–H groups in total. The maximum atomic E-state index is 10.4. The molecule has 172 valence electrons. The molecule has 2 rings (SSSR count). The highest BCUT2D eigenvalue weighted by Crippen LogP contribution is 2.34. The first-order valence-electron chi connectivity index (χ1n) is 9.38. The number of para-hydroxylation sites is 1. The molecule has 9 nitrogen and oxygen atoms in total. The second-order valence-electron chi connectivity index (χ2n) is 6.23. The number of aliphatic carboxylic acids is 1. The summed E-state index contributed by atoms with van der Waals surface area (Å²) in [5, 5.41) is 26.7. The van der Waals surface area contributed by atoms with Crippen molar-refractivity contribution < 1.29 is 29.6 Å². The Labute approximate surface area is 189 Å². The third kappa shape index (κ3) is 11.3. The molecule has 1 atom stereocenters. The molecule has 2 aromatic rings. The number of carboxylic acid groups (broad SMARTS) is 1. The van der Waals surface area contributed by atoms with Crippen LogP contribution in [0.4, 0.5) is 0 Å². The largest absolute Gasteiger partial charge is 0.508 e. The van der Waals surface area contributed by atoms with Crippen LogP contribution < -0.4 is 21.9 Å². The van der Waals surface area contributed by atoms with Crippen LogP contribution in [0.1, 0.15) is 35.2 Å². The van der Waals surface area contributed by atoms with Crippen molar-refractivity contribution in [3.63, 3.8) is 0 Å². The maximum absolute atomic E-state index is 10.4. The summed E-state index contributed by atoms with van der Waals surface area (Å²) in [4.78, 5) is 20.5. The zero-order valence-corrected chi connectivity index (χ0v) is 18.9. The number of phenolic OH excluding ortho intramolecular Hbond substituents is 2. The predicted octanol–water partition coefficient (Wildman–Crippen LogP) is 2.35. The zero-order valence-electron chi connectivity index (χ0n) is 17.3. The van der Waals surface area contributed by atoms with Crippen molar-refractivity contribution in [2.24, 2.45) is 17.2 Å². The van der Waals surface area contributed by atoms with E-state index in [4.69, 9.17) is 32.2 Å². The Balaban J connectivity index is 0.000000441. The maximum Gasteiger partial charge on any atom is 0.320 e. The van der Waals surface area contributed by atoms with Crippen LogP contribution in [0.15, 0.2) is 40.9 Å². The lowest BCUT2D eigenvalue weighted by Crippen LogP contribution is -2.29. The van der Waals surface area contributed by atoms with Gasteiger partial charge in [-0.05, 0) is 53.5 Å². The van der Waals surface area contributed by atoms with E-state index >= 15 is 0 Å². The third-order valence-corrected chi connectivity index (χ3v) is 4.51. The number of aromatic hydroxyl groups is 2. The summed E-state index contributed by atoms with van der Waals surface area (Å²) in [6.07, 6.45) is 2.85. The number of phenols is 2. The number of nitrogens with two attached hydrogens (primary N) is 3. The highest BCUT2D eigenvalue weighted by molar-refractivity contribution is 9.10.